The highest BCUT2D eigenvalue weighted by molar-refractivity contribution is 7.98. The Morgan fingerprint density at radius 3 is 1.62 bits per heavy atom. The second-order valence-corrected chi connectivity index (χ2v) is 8.35. The number of benzene rings is 1. The topological polar surface area (TPSA) is 78.4 Å². The van der Waals surface area contributed by atoms with Crippen LogP contribution in [0.25, 0.3) is 0 Å². The van der Waals surface area contributed by atoms with Gasteiger partial charge in [0.1, 0.15) is 5.75 Å². The number of aromatic hydroxyl groups is 1. The highest BCUT2D eigenvalue weighted by Crippen LogP contribution is 2.35. The van der Waals surface area contributed by atoms with Gasteiger partial charge in [0.2, 0.25) is 12.8 Å². The van der Waals surface area contributed by atoms with Gasteiger partial charge < -0.3 is 15.7 Å². The molecule has 0 heterocycles. The lowest BCUT2D eigenvalue weighted by Crippen LogP contribution is -2.12. The predicted octanol–water partition coefficient (Wildman–Crippen LogP) is 3.06. The van der Waals surface area contributed by atoms with Crippen LogP contribution in [0.15, 0.2) is 0 Å². The van der Waals surface area contributed by atoms with E-state index in [0.717, 1.165) is 59.8 Å². The summed E-state index contributed by atoms with van der Waals surface area (Å²) in [4.78, 5) is 20.5. The molecule has 146 valence electrons. The Bertz CT molecular complexity index is 548. The molecule has 0 bridgehead atoms. The number of nitrogens with one attached hydrogen (secondary N) is 2. The molecular weight excluding hydrogens is 368 g/mol. The second kappa shape index (κ2) is 12.9. The van der Waals surface area contributed by atoms with Crippen LogP contribution in [0.3, 0.4) is 0 Å². The Morgan fingerprint density at radius 1 is 0.808 bits per heavy atom. The lowest BCUT2D eigenvalue weighted by Gasteiger charge is -2.19. The van der Waals surface area contributed by atoms with Gasteiger partial charge in [0, 0.05) is 24.6 Å². The molecule has 1 aromatic carbocycles. The van der Waals surface area contributed by atoms with Gasteiger partial charge in [-0.2, -0.15) is 23.5 Å². The number of thioether (sulfide) groups is 2. The molecule has 1 rings (SSSR count). The Balaban J connectivity index is 2.68. The van der Waals surface area contributed by atoms with Gasteiger partial charge in [0.05, 0.1) is 0 Å². The van der Waals surface area contributed by atoms with Crippen LogP contribution in [0.5, 0.6) is 5.75 Å². The van der Waals surface area contributed by atoms with E-state index in [1.807, 2.05) is 37.4 Å². The van der Waals surface area contributed by atoms with Crippen LogP contribution in [0.2, 0.25) is 0 Å². The van der Waals surface area contributed by atoms with Gasteiger partial charge in [-0.15, -0.1) is 0 Å². The van der Waals surface area contributed by atoms with E-state index in [4.69, 9.17) is 0 Å². The van der Waals surface area contributed by atoms with E-state index in [2.05, 4.69) is 17.6 Å². The quantitative estimate of drug-likeness (QED) is 0.332. The van der Waals surface area contributed by atoms with Gasteiger partial charge in [-0.3, -0.25) is 9.59 Å². The van der Waals surface area contributed by atoms with Gasteiger partial charge >= 0.3 is 0 Å². The zero-order chi connectivity index (χ0) is 19.4. The summed E-state index contributed by atoms with van der Waals surface area (Å²) in [5.41, 5.74) is 5.67. The van der Waals surface area contributed by atoms with E-state index in [1.165, 1.54) is 16.7 Å². The fourth-order valence-corrected chi connectivity index (χ4v) is 5.02. The molecule has 0 atom stereocenters. The molecule has 3 N–H and O–H groups in total. The first-order chi connectivity index (χ1) is 12.5. The molecule has 0 saturated carbocycles. The monoisotopic (exact) mass is 398 g/mol. The Kier molecular flexibility index (Phi) is 11.3. The smallest absolute Gasteiger partial charge is 0.207 e. The molecule has 0 fully saturated rings. The van der Waals surface area contributed by atoms with Crippen LogP contribution in [0.1, 0.15) is 40.7 Å². The third-order valence-corrected chi connectivity index (χ3v) is 6.54. The van der Waals surface area contributed by atoms with Gasteiger partial charge in [-0.25, -0.2) is 0 Å². The van der Waals surface area contributed by atoms with Gasteiger partial charge in [-0.05, 0) is 72.9 Å². The van der Waals surface area contributed by atoms with Crippen molar-refractivity contribution in [1.82, 2.24) is 10.6 Å². The summed E-state index contributed by atoms with van der Waals surface area (Å²) >= 11 is 3.66. The van der Waals surface area contributed by atoms with Crippen LogP contribution in [-0.2, 0) is 21.1 Å². The summed E-state index contributed by atoms with van der Waals surface area (Å²) in [6.07, 6.45) is 3.35. The first kappa shape index (κ1) is 22.7. The maximum absolute atomic E-state index is 10.5. The van der Waals surface area contributed by atoms with E-state index >= 15 is 0 Å². The average Bonchev–Trinajstić information content (AvgIpc) is 2.64. The Labute approximate surface area is 165 Å². The SMILES string of the molecule is Cc1c(O)c(C)c(CSCCCNC=O)c(C)c1CSCCCNC=O. The molecule has 0 aliphatic rings. The molecule has 26 heavy (non-hydrogen) atoms. The zero-order valence-electron chi connectivity index (χ0n) is 15.9. The summed E-state index contributed by atoms with van der Waals surface area (Å²) in [5, 5.41) is 15.9. The lowest BCUT2D eigenvalue weighted by molar-refractivity contribution is -0.110. The van der Waals surface area contributed by atoms with E-state index < -0.39 is 0 Å². The molecule has 1 aromatic rings. The van der Waals surface area contributed by atoms with E-state index in [0.29, 0.717) is 18.8 Å². The van der Waals surface area contributed by atoms with Gasteiger partial charge in [0.25, 0.3) is 0 Å². The standard InChI is InChI=1S/C19H30N2O3S2/c1-14-17(10-25-8-4-6-20-12-22)15(2)19(24)16(3)18(14)11-26-9-5-7-21-13-23/h12-13,24H,4-11H2,1-3H3,(H,20,22)(H,21,23). The molecular formula is C19H30N2O3S2. The molecule has 0 aliphatic carbocycles. The molecule has 7 heteroatoms. The number of phenolic OH excluding ortho intramolecular Hbond substituents is 1. The molecule has 0 unspecified atom stereocenters. The number of phenols is 1. The number of hydrogen-bond donors (Lipinski definition) is 3. The van der Waals surface area contributed by atoms with Crippen molar-refractivity contribution >= 4 is 36.3 Å². The predicted molar refractivity (Wildman–Crippen MR) is 112 cm³/mol. The number of rotatable bonds is 14. The number of carbonyl (C=O) groups excluding carboxylic acids is 2. The number of hydrogen-bond acceptors (Lipinski definition) is 5. The molecule has 2 amide bonds. The minimum atomic E-state index is 0.409. The molecule has 5 nitrogen and oxygen atoms in total. The number of amides is 2. The molecule has 0 aliphatic heterocycles. The van der Waals surface area contributed by atoms with Crippen LogP contribution in [0, 0.1) is 20.8 Å². The van der Waals surface area contributed by atoms with Gasteiger partial charge in [0.15, 0.2) is 0 Å². The maximum atomic E-state index is 10.5. The molecule has 0 aromatic heterocycles. The molecule has 0 spiro atoms. The summed E-state index contributed by atoms with van der Waals surface area (Å²) in [5.74, 6) is 4.10. The van der Waals surface area contributed by atoms with E-state index in [9.17, 15) is 14.7 Å². The first-order valence-electron chi connectivity index (χ1n) is 8.84. The largest absolute Gasteiger partial charge is 0.507 e. The normalized spacial score (nSPS) is 10.6. The minimum Gasteiger partial charge on any atom is -0.507 e. The van der Waals surface area contributed by atoms with Crippen LogP contribution >= 0.6 is 23.5 Å². The zero-order valence-corrected chi connectivity index (χ0v) is 17.5. The summed E-state index contributed by atoms with van der Waals surface area (Å²) in [6, 6.07) is 0. The van der Waals surface area contributed by atoms with Gasteiger partial charge in [-0.1, -0.05) is 0 Å². The molecule has 0 radical (unpaired) electrons. The van der Waals surface area contributed by atoms with Crippen LogP contribution < -0.4 is 10.6 Å². The fourth-order valence-electron chi connectivity index (χ4n) is 2.76. The maximum Gasteiger partial charge on any atom is 0.207 e. The lowest BCUT2D eigenvalue weighted by atomic mass is 9.94. The van der Waals surface area contributed by atoms with Crippen molar-refractivity contribution < 1.29 is 14.7 Å². The van der Waals surface area contributed by atoms with Crippen molar-refractivity contribution in [2.24, 2.45) is 0 Å². The number of carbonyl (C=O) groups is 2. The third kappa shape index (κ3) is 7.11. The van der Waals surface area contributed by atoms with E-state index in [1.54, 1.807) is 0 Å². The highest BCUT2D eigenvalue weighted by Gasteiger charge is 2.16. The van der Waals surface area contributed by atoms with Crippen molar-refractivity contribution in [1.29, 1.82) is 0 Å². The Morgan fingerprint density at radius 2 is 1.23 bits per heavy atom. The second-order valence-electron chi connectivity index (χ2n) is 6.14. The third-order valence-electron chi connectivity index (χ3n) is 4.40. The molecule has 0 saturated heterocycles. The summed E-state index contributed by atoms with van der Waals surface area (Å²) in [6.45, 7) is 7.53. The average molecular weight is 399 g/mol. The van der Waals surface area contributed by atoms with Crippen molar-refractivity contribution in [2.45, 2.75) is 45.1 Å². The summed E-state index contributed by atoms with van der Waals surface area (Å²) in [7, 11) is 0. The van der Waals surface area contributed by atoms with Crippen LogP contribution in [-0.4, -0.2) is 42.5 Å². The fraction of sp³-hybridized carbons (Fsp3) is 0.579. The van der Waals surface area contributed by atoms with Crippen LogP contribution in [0.4, 0.5) is 0 Å². The van der Waals surface area contributed by atoms with Crippen molar-refractivity contribution in [3.63, 3.8) is 0 Å². The van der Waals surface area contributed by atoms with Crippen molar-refractivity contribution in [2.75, 3.05) is 24.6 Å². The highest BCUT2D eigenvalue weighted by atomic mass is 32.2. The first-order valence-corrected chi connectivity index (χ1v) is 11.2. The minimum absolute atomic E-state index is 0.409. The summed E-state index contributed by atoms with van der Waals surface area (Å²) < 4.78 is 0. The van der Waals surface area contributed by atoms with E-state index in [-0.39, 0.29) is 0 Å². The van der Waals surface area contributed by atoms with Crippen molar-refractivity contribution in [3.05, 3.63) is 27.8 Å². The van der Waals surface area contributed by atoms with Crippen molar-refractivity contribution in [3.8, 4) is 5.75 Å². The Hall–Kier alpha value is -1.34.